The third-order valence-electron chi connectivity index (χ3n) is 1.59. The summed E-state index contributed by atoms with van der Waals surface area (Å²) in [6.45, 7) is 0. The summed E-state index contributed by atoms with van der Waals surface area (Å²) in [6.07, 6.45) is 1.45. The zero-order valence-corrected chi connectivity index (χ0v) is 8.78. The van der Waals surface area contributed by atoms with E-state index in [9.17, 15) is 4.79 Å². The number of rotatable bonds is 2. The van der Waals surface area contributed by atoms with Crippen LogP contribution in [0.1, 0.15) is 5.56 Å². The normalized spacial score (nSPS) is 10.7. The Bertz CT molecular complexity index is 432. The van der Waals surface area contributed by atoms with E-state index in [0.29, 0.717) is 0 Å². The molecule has 0 unspecified atom stereocenters. The Kier molecular flexibility index (Phi) is 3.43. The first kappa shape index (κ1) is 10.5. The third-order valence-corrected chi connectivity index (χ3v) is 2.31. The molecule has 3 nitrogen and oxygen atoms in total. The van der Waals surface area contributed by atoms with E-state index in [2.05, 4.69) is 15.9 Å². The molecule has 2 N–H and O–H groups in total. The van der Waals surface area contributed by atoms with Gasteiger partial charge in [-0.3, -0.25) is 4.79 Å². The molecule has 1 rings (SSSR count). The van der Waals surface area contributed by atoms with Gasteiger partial charge in [-0.1, -0.05) is 34.1 Å². The monoisotopic (exact) mass is 250 g/mol. The Morgan fingerprint density at radius 2 is 2.14 bits per heavy atom. The molecule has 0 aromatic heterocycles. The lowest BCUT2D eigenvalue weighted by Gasteiger charge is -1.97. The third kappa shape index (κ3) is 2.44. The Hall–Kier alpha value is -1.60. The molecule has 4 heteroatoms. The van der Waals surface area contributed by atoms with Crippen molar-refractivity contribution >= 4 is 27.9 Å². The van der Waals surface area contributed by atoms with Gasteiger partial charge < -0.3 is 5.73 Å². The van der Waals surface area contributed by atoms with Gasteiger partial charge in [0.15, 0.2) is 0 Å². The van der Waals surface area contributed by atoms with E-state index >= 15 is 0 Å². The lowest BCUT2D eigenvalue weighted by molar-refractivity contribution is -0.114. The molecule has 70 valence electrons. The molecule has 14 heavy (non-hydrogen) atoms. The summed E-state index contributed by atoms with van der Waals surface area (Å²) in [5.74, 6) is -0.719. The van der Waals surface area contributed by atoms with E-state index in [4.69, 9.17) is 11.0 Å². The molecule has 0 radical (unpaired) electrons. The van der Waals surface area contributed by atoms with Crippen molar-refractivity contribution in [3.63, 3.8) is 0 Å². The molecule has 0 saturated carbocycles. The van der Waals surface area contributed by atoms with E-state index in [0.717, 1.165) is 10.0 Å². The fourth-order valence-electron chi connectivity index (χ4n) is 0.906. The predicted octanol–water partition coefficient (Wildman–Crippen LogP) is 1.84. The zero-order valence-electron chi connectivity index (χ0n) is 7.20. The number of nitriles is 1. The first-order valence-electron chi connectivity index (χ1n) is 3.81. The maximum absolute atomic E-state index is 10.8. The molecule has 0 aliphatic carbocycles. The lowest BCUT2D eigenvalue weighted by Crippen LogP contribution is -2.12. The first-order chi connectivity index (χ1) is 6.65. The van der Waals surface area contributed by atoms with Gasteiger partial charge in [0, 0.05) is 4.47 Å². The van der Waals surface area contributed by atoms with Crippen LogP contribution in [-0.2, 0) is 4.79 Å². The van der Waals surface area contributed by atoms with Crippen molar-refractivity contribution in [2.24, 2.45) is 5.73 Å². The molecular weight excluding hydrogens is 244 g/mol. The van der Waals surface area contributed by atoms with Crippen molar-refractivity contribution in [1.29, 1.82) is 5.26 Å². The number of primary amides is 1. The Morgan fingerprint density at radius 3 is 2.64 bits per heavy atom. The van der Waals surface area contributed by atoms with Crippen LogP contribution in [0.3, 0.4) is 0 Å². The van der Waals surface area contributed by atoms with E-state index in [-0.39, 0.29) is 5.57 Å². The van der Waals surface area contributed by atoms with E-state index in [1.165, 1.54) is 6.08 Å². The fraction of sp³-hybridized carbons (Fsp3) is 0. The first-order valence-corrected chi connectivity index (χ1v) is 4.60. The summed E-state index contributed by atoms with van der Waals surface area (Å²) in [5.41, 5.74) is 5.69. The van der Waals surface area contributed by atoms with Crippen LogP contribution in [0.2, 0.25) is 0 Å². The molecule has 0 saturated heterocycles. The molecule has 0 fully saturated rings. The van der Waals surface area contributed by atoms with Crippen molar-refractivity contribution < 1.29 is 4.79 Å². The van der Waals surface area contributed by atoms with Gasteiger partial charge in [0.1, 0.15) is 11.6 Å². The summed E-state index contributed by atoms with van der Waals surface area (Å²) < 4.78 is 0.814. The summed E-state index contributed by atoms with van der Waals surface area (Å²) in [4.78, 5) is 10.8. The SMILES string of the molecule is N#C/C(=C/c1ccccc1Br)C(N)=O. The molecule has 1 amide bonds. The van der Waals surface area contributed by atoms with Gasteiger partial charge in [-0.05, 0) is 17.7 Å². The van der Waals surface area contributed by atoms with E-state index in [1.54, 1.807) is 12.1 Å². The lowest BCUT2D eigenvalue weighted by atomic mass is 10.1. The molecule has 0 heterocycles. The van der Waals surface area contributed by atoms with Gasteiger partial charge in [0.05, 0.1) is 0 Å². The van der Waals surface area contributed by atoms with Crippen molar-refractivity contribution in [3.05, 3.63) is 39.9 Å². The van der Waals surface area contributed by atoms with E-state index < -0.39 is 5.91 Å². The van der Waals surface area contributed by atoms with Crippen LogP contribution >= 0.6 is 15.9 Å². The van der Waals surface area contributed by atoms with Gasteiger partial charge in [-0.15, -0.1) is 0 Å². The van der Waals surface area contributed by atoms with Crippen LogP contribution in [0.25, 0.3) is 6.08 Å². The van der Waals surface area contributed by atoms with Crippen LogP contribution in [0, 0.1) is 11.3 Å². The smallest absolute Gasteiger partial charge is 0.259 e. The van der Waals surface area contributed by atoms with Crippen LogP contribution < -0.4 is 5.73 Å². The Morgan fingerprint density at radius 1 is 1.50 bits per heavy atom. The van der Waals surface area contributed by atoms with Crippen LogP contribution in [0.4, 0.5) is 0 Å². The van der Waals surface area contributed by atoms with Crippen molar-refractivity contribution in [2.45, 2.75) is 0 Å². The molecule has 0 aliphatic heterocycles. The summed E-state index contributed by atoms with van der Waals surface area (Å²) >= 11 is 3.30. The molecule has 1 aromatic carbocycles. The van der Waals surface area contributed by atoms with Crippen molar-refractivity contribution in [3.8, 4) is 6.07 Å². The molecule has 0 aliphatic rings. The zero-order chi connectivity index (χ0) is 10.6. The van der Waals surface area contributed by atoms with Gasteiger partial charge in [-0.2, -0.15) is 5.26 Å². The summed E-state index contributed by atoms with van der Waals surface area (Å²) in [5, 5.41) is 8.61. The number of hydrogen-bond donors (Lipinski definition) is 1. The maximum atomic E-state index is 10.8. The highest BCUT2D eigenvalue weighted by atomic mass is 79.9. The number of hydrogen-bond acceptors (Lipinski definition) is 2. The number of amides is 1. The summed E-state index contributed by atoms with van der Waals surface area (Å²) in [6, 6.07) is 9.00. The number of nitrogens with two attached hydrogens (primary N) is 1. The maximum Gasteiger partial charge on any atom is 0.259 e. The van der Waals surface area contributed by atoms with E-state index in [1.807, 2.05) is 18.2 Å². The van der Waals surface area contributed by atoms with Gasteiger partial charge in [0.25, 0.3) is 5.91 Å². The second-order valence-corrected chi connectivity index (χ2v) is 3.41. The fourth-order valence-corrected chi connectivity index (χ4v) is 1.31. The summed E-state index contributed by atoms with van der Waals surface area (Å²) in [7, 11) is 0. The second kappa shape index (κ2) is 4.58. The second-order valence-electron chi connectivity index (χ2n) is 2.56. The highest BCUT2D eigenvalue weighted by Gasteiger charge is 2.04. The van der Waals surface area contributed by atoms with Crippen LogP contribution in [0.5, 0.6) is 0 Å². The minimum atomic E-state index is -0.719. The van der Waals surface area contributed by atoms with Gasteiger partial charge >= 0.3 is 0 Å². The quantitative estimate of drug-likeness (QED) is 0.643. The van der Waals surface area contributed by atoms with Crippen molar-refractivity contribution in [2.75, 3.05) is 0 Å². The van der Waals surface area contributed by atoms with Crippen LogP contribution in [0.15, 0.2) is 34.3 Å². The molecular formula is C10H7BrN2O. The van der Waals surface area contributed by atoms with Crippen molar-refractivity contribution in [1.82, 2.24) is 0 Å². The molecule has 0 bridgehead atoms. The molecule has 1 aromatic rings. The minimum Gasteiger partial charge on any atom is -0.365 e. The van der Waals surface area contributed by atoms with Crippen LogP contribution in [-0.4, -0.2) is 5.91 Å². The number of nitrogens with zero attached hydrogens (tertiary/aromatic N) is 1. The number of carbonyl (C=O) groups excluding carboxylic acids is 1. The Balaban J connectivity index is 3.15. The largest absolute Gasteiger partial charge is 0.365 e. The molecule has 0 atom stereocenters. The topological polar surface area (TPSA) is 66.9 Å². The number of carbonyl (C=O) groups is 1. The van der Waals surface area contributed by atoms with Gasteiger partial charge in [0.2, 0.25) is 0 Å². The minimum absolute atomic E-state index is 0.0584. The highest BCUT2D eigenvalue weighted by molar-refractivity contribution is 9.10. The number of benzene rings is 1. The highest BCUT2D eigenvalue weighted by Crippen LogP contribution is 2.18. The standard InChI is InChI=1S/C10H7BrN2O/c11-9-4-2-1-3-7(9)5-8(6-12)10(13)14/h1-5H,(H2,13,14)/b8-5-. The Labute approximate surface area is 90.0 Å². The number of halogens is 1. The molecule has 0 spiro atoms. The van der Waals surface area contributed by atoms with Gasteiger partial charge in [-0.25, -0.2) is 0 Å². The predicted molar refractivity (Wildman–Crippen MR) is 56.9 cm³/mol. The average molecular weight is 251 g/mol. The average Bonchev–Trinajstić information content (AvgIpc) is 2.16.